The summed E-state index contributed by atoms with van der Waals surface area (Å²) in [5.41, 5.74) is 1.94. The average molecular weight is 402 g/mol. The maximum Gasteiger partial charge on any atom is 0.264 e. The Bertz CT molecular complexity index is 850. The van der Waals surface area contributed by atoms with Gasteiger partial charge in [0.25, 0.3) is 5.91 Å². The maximum absolute atomic E-state index is 13.4. The van der Waals surface area contributed by atoms with Gasteiger partial charge in [-0.3, -0.25) is 4.79 Å². The minimum atomic E-state index is -0.537. The summed E-state index contributed by atoms with van der Waals surface area (Å²) in [5.74, 6) is 1.47. The predicted octanol–water partition coefficient (Wildman–Crippen LogP) is 3.86. The molecule has 5 nitrogen and oxygen atoms in total. The first-order valence-corrected chi connectivity index (χ1v) is 9.99. The Morgan fingerprint density at radius 1 is 1.29 bits per heavy atom. The maximum atomic E-state index is 13.4. The van der Waals surface area contributed by atoms with E-state index in [0.717, 1.165) is 42.1 Å². The van der Waals surface area contributed by atoms with Crippen LogP contribution in [-0.4, -0.2) is 43.3 Å². The largest absolute Gasteiger partial charge is 0.496 e. The lowest BCUT2D eigenvalue weighted by Gasteiger charge is -2.28. The molecule has 2 aromatic rings. The van der Waals surface area contributed by atoms with Crippen molar-refractivity contribution < 1.29 is 19.0 Å². The van der Waals surface area contributed by atoms with Crippen molar-refractivity contribution in [3.05, 3.63) is 58.6 Å². The van der Waals surface area contributed by atoms with E-state index in [4.69, 9.17) is 25.8 Å². The van der Waals surface area contributed by atoms with E-state index in [-0.39, 0.29) is 12.0 Å². The molecular formula is C22H24ClNO4. The Balaban J connectivity index is 1.53. The van der Waals surface area contributed by atoms with E-state index in [2.05, 4.69) is 0 Å². The van der Waals surface area contributed by atoms with Crippen LogP contribution in [0.4, 0.5) is 0 Å². The molecule has 0 bridgehead atoms. The molecule has 6 heteroatoms. The van der Waals surface area contributed by atoms with Gasteiger partial charge in [-0.25, -0.2) is 0 Å². The second-order valence-corrected chi connectivity index (χ2v) is 7.66. The van der Waals surface area contributed by atoms with Crippen LogP contribution in [0.3, 0.4) is 0 Å². The van der Waals surface area contributed by atoms with E-state index in [9.17, 15) is 4.79 Å². The zero-order chi connectivity index (χ0) is 19.5. The minimum Gasteiger partial charge on any atom is -0.496 e. The standard InChI is InChI=1S/C22H24ClNO4/c1-26-19-7-3-2-5-15(19)13-24(14-18-6-4-10-27-18)22(25)21-12-16-11-17(23)8-9-20(16)28-21/h2-3,5,7-9,11,18,21H,4,6,10,12-14H2,1H3/t18-,21+/m0/s1. The fourth-order valence-electron chi connectivity index (χ4n) is 3.86. The number of methoxy groups -OCH3 is 1. The molecule has 1 saturated heterocycles. The Morgan fingerprint density at radius 2 is 2.14 bits per heavy atom. The molecule has 0 saturated carbocycles. The molecule has 1 fully saturated rings. The normalized spacial score (nSPS) is 20.5. The van der Waals surface area contributed by atoms with E-state index < -0.39 is 6.10 Å². The van der Waals surface area contributed by atoms with Crippen LogP contribution in [-0.2, 0) is 22.5 Å². The van der Waals surface area contributed by atoms with Crippen molar-refractivity contribution in [2.24, 2.45) is 0 Å². The zero-order valence-corrected chi connectivity index (χ0v) is 16.7. The fraction of sp³-hybridized carbons (Fsp3) is 0.409. The quantitative estimate of drug-likeness (QED) is 0.737. The highest BCUT2D eigenvalue weighted by atomic mass is 35.5. The molecule has 2 heterocycles. The van der Waals surface area contributed by atoms with E-state index in [1.807, 2.05) is 41.3 Å². The van der Waals surface area contributed by atoms with Crippen molar-refractivity contribution in [2.45, 2.75) is 38.0 Å². The summed E-state index contributed by atoms with van der Waals surface area (Å²) in [6.45, 7) is 1.76. The lowest BCUT2D eigenvalue weighted by molar-refractivity contribution is -0.140. The van der Waals surface area contributed by atoms with Gasteiger partial charge >= 0.3 is 0 Å². The molecule has 2 aromatic carbocycles. The highest BCUT2D eigenvalue weighted by molar-refractivity contribution is 6.30. The molecule has 4 rings (SSSR count). The summed E-state index contributed by atoms with van der Waals surface area (Å²) in [5, 5.41) is 0.653. The van der Waals surface area contributed by atoms with Crippen LogP contribution in [0.5, 0.6) is 11.5 Å². The molecule has 28 heavy (non-hydrogen) atoms. The number of benzene rings is 2. The van der Waals surface area contributed by atoms with Crippen LogP contribution in [0, 0.1) is 0 Å². The monoisotopic (exact) mass is 401 g/mol. The van der Waals surface area contributed by atoms with Crippen LogP contribution in [0.25, 0.3) is 0 Å². The van der Waals surface area contributed by atoms with Crippen molar-refractivity contribution in [3.63, 3.8) is 0 Å². The number of fused-ring (bicyclic) bond motifs is 1. The van der Waals surface area contributed by atoms with Gasteiger partial charge in [-0.05, 0) is 42.7 Å². The second kappa shape index (κ2) is 8.41. The van der Waals surface area contributed by atoms with Crippen molar-refractivity contribution in [2.75, 3.05) is 20.3 Å². The average Bonchev–Trinajstić information content (AvgIpc) is 3.36. The number of nitrogens with zero attached hydrogens (tertiary/aromatic N) is 1. The minimum absolute atomic E-state index is 0.0336. The van der Waals surface area contributed by atoms with Gasteiger partial charge in [-0.2, -0.15) is 0 Å². The van der Waals surface area contributed by atoms with E-state index in [1.165, 1.54) is 0 Å². The Kier molecular flexibility index (Phi) is 5.74. The van der Waals surface area contributed by atoms with Crippen LogP contribution in [0.2, 0.25) is 5.02 Å². The van der Waals surface area contributed by atoms with Crippen molar-refractivity contribution in [3.8, 4) is 11.5 Å². The Morgan fingerprint density at radius 3 is 2.93 bits per heavy atom. The van der Waals surface area contributed by atoms with Gasteiger partial charge < -0.3 is 19.1 Å². The number of halogens is 1. The molecule has 2 atom stereocenters. The van der Waals surface area contributed by atoms with Crippen molar-refractivity contribution in [1.29, 1.82) is 0 Å². The molecule has 2 aliphatic heterocycles. The molecule has 0 N–H and O–H groups in total. The molecule has 0 spiro atoms. The van der Waals surface area contributed by atoms with Gasteiger partial charge in [0.05, 0.1) is 13.2 Å². The predicted molar refractivity (Wildman–Crippen MR) is 107 cm³/mol. The number of hydrogen-bond donors (Lipinski definition) is 0. The molecule has 0 radical (unpaired) electrons. The molecule has 0 aliphatic carbocycles. The van der Waals surface area contributed by atoms with Crippen LogP contribution < -0.4 is 9.47 Å². The number of ether oxygens (including phenoxy) is 3. The summed E-state index contributed by atoms with van der Waals surface area (Å²) in [6, 6.07) is 13.3. The summed E-state index contributed by atoms with van der Waals surface area (Å²) in [7, 11) is 1.64. The van der Waals surface area contributed by atoms with Gasteiger partial charge in [0.15, 0.2) is 6.10 Å². The summed E-state index contributed by atoms with van der Waals surface area (Å²) in [4.78, 5) is 15.2. The smallest absolute Gasteiger partial charge is 0.264 e. The van der Waals surface area contributed by atoms with Gasteiger partial charge in [-0.1, -0.05) is 29.8 Å². The third-order valence-electron chi connectivity index (χ3n) is 5.29. The number of para-hydroxylation sites is 1. The second-order valence-electron chi connectivity index (χ2n) is 7.23. The first-order valence-electron chi connectivity index (χ1n) is 9.61. The van der Waals surface area contributed by atoms with E-state index in [0.29, 0.717) is 24.5 Å². The van der Waals surface area contributed by atoms with Crippen molar-refractivity contribution in [1.82, 2.24) is 4.90 Å². The molecule has 0 unspecified atom stereocenters. The number of carbonyl (C=O) groups excluding carboxylic acids is 1. The molecule has 1 amide bonds. The highest BCUT2D eigenvalue weighted by Crippen LogP contribution is 2.32. The lowest BCUT2D eigenvalue weighted by Crippen LogP contribution is -2.44. The van der Waals surface area contributed by atoms with Crippen LogP contribution in [0.15, 0.2) is 42.5 Å². The van der Waals surface area contributed by atoms with Gasteiger partial charge in [0, 0.05) is 36.7 Å². The Hall–Kier alpha value is -2.24. The molecule has 148 valence electrons. The fourth-order valence-corrected chi connectivity index (χ4v) is 4.06. The van der Waals surface area contributed by atoms with Gasteiger partial charge in [0.2, 0.25) is 0 Å². The third kappa shape index (κ3) is 4.10. The molecule has 0 aromatic heterocycles. The molecular weight excluding hydrogens is 378 g/mol. The topological polar surface area (TPSA) is 48.0 Å². The Labute approximate surface area is 170 Å². The van der Waals surface area contributed by atoms with Crippen LogP contribution in [0.1, 0.15) is 24.0 Å². The SMILES string of the molecule is COc1ccccc1CN(C[C@@H]1CCCO1)C(=O)[C@H]1Cc2cc(Cl)ccc2O1. The third-order valence-corrected chi connectivity index (χ3v) is 5.52. The van der Waals surface area contributed by atoms with E-state index in [1.54, 1.807) is 13.2 Å². The molecule has 2 aliphatic rings. The van der Waals surface area contributed by atoms with Crippen molar-refractivity contribution >= 4 is 17.5 Å². The van der Waals surface area contributed by atoms with Crippen LogP contribution >= 0.6 is 11.6 Å². The first-order chi connectivity index (χ1) is 13.6. The highest BCUT2D eigenvalue weighted by Gasteiger charge is 2.34. The number of carbonyl (C=O) groups is 1. The van der Waals surface area contributed by atoms with Gasteiger partial charge in [-0.15, -0.1) is 0 Å². The number of amides is 1. The first kappa shape index (κ1) is 19.1. The zero-order valence-electron chi connectivity index (χ0n) is 15.9. The van der Waals surface area contributed by atoms with E-state index >= 15 is 0 Å². The number of rotatable bonds is 6. The summed E-state index contributed by atoms with van der Waals surface area (Å²) in [6.07, 6.45) is 2.06. The number of hydrogen-bond acceptors (Lipinski definition) is 4. The summed E-state index contributed by atoms with van der Waals surface area (Å²) < 4.78 is 17.2. The lowest BCUT2D eigenvalue weighted by atomic mass is 10.1. The van der Waals surface area contributed by atoms with Gasteiger partial charge in [0.1, 0.15) is 11.5 Å². The summed E-state index contributed by atoms with van der Waals surface area (Å²) >= 11 is 6.09.